The number of benzene rings is 1. The molecule has 1 atom stereocenters. The Kier molecular flexibility index (Phi) is 2.39. The fourth-order valence-corrected chi connectivity index (χ4v) is 2.22. The van der Waals surface area contributed by atoms with Gasteiger partial charge in [-0.15, -0.1) is 0 Å². The van der Waals surface area contributed by atoms with E-state index in [2.05, 4.69) is 17.6 Å². The summed E-state index contributed by atoms with van der Waals surface area (Å²) in [6, 6.07) is 11.9. The number of aliphatic hydroxyl groups is 1. The van der Waals surface area contributed by atoms with Crippen LogP contribution < -0.4 is 10.4 Å². The van der Waals surface area contributed by atoms with Gasteiger partial charge in [-0.2, -0.15) is 0 Å². The van der Waals surface area contributed by atoms with E-state index >= 15 is 0 Å². The van der Waals surface area contributed by atoms with Crippen LogP contribution in [0.25, 0.3) is 0 Å². The minimum absolute atomic E-state index is 0.0245. The highest BCUT2D eigenvalue weighted by atomic mass is 16.4. The second-order valence-electron chi connectivity index (χ2n) is 4.14. The lowest BCUT2D eigenvalue weighted by Gasteiger charge is -2.13. The number of para-hydroxylation sites is 1. The van der Waals surface area contributed by atoms with Crippen molar-refractivity contribution in [3.63, 3.8) is 0 Å². The Morgan fingerprint density at radius 3 is 2.88 bits per heavy atom. The van der Waals surface area contributed by atoms with Gasteiger partial charge in [0, 0.05) is 12.6 Å². The lowest BCUT2D eigenvalue weighted by atomic mass is 10.1. The predicted octanol–water partition coefficient (Wildman–Crippen LogP) is 1.82. The number of hydrogen-bond acceptors (Lipinski definition) is 4. The van der Waals surface area contributed by atoms with Crippen LogP contribution in [0.5, 0.6) is 0 Å². The molecule has 0 amide bonds. The third kappa shape index (κ3) is 1.62. The SMILES string of the molecule is CN1NC(c2ccc(CO)o2)c2ccccc21. The number of nitrogens with zero attached hydrogens (tertiary/aromatic N) is 1. The van der Waals surface area contributed by atoms with Crippen molar-refractivity contribution >= 4 is 5.69 Å². The molecule has 0 aliphatic carbocycles. The molecule has 0 bridgehead atoms. The zero-order chi connectivity index (χ0) is 11.8. The summed E-state index contributed by atoms with van der Waals surface area (Å²) in [6.07, 6.45) is 0. The van der Waals surface area contributed by atoms with Gasteiger partial charge in [-0.1, -0.05) is 18.2 Å². The van der Waals surface area contributed by atoms with E-state index in [4.69, 9.17) is 9.52 Å². The first kappa shape index (κ1) is 10.4. The molecule has 1 aromatic carbocycles. The van der Waals surface area contributed by atoms with Crippen LogP contribution in [-0.2, 0) is 6.61 Å². The number of rotatable bonds is 2. The monoisotopic (exact) mass is 230 g/mol. The molecule has 0 saturated carbocycles. The molecule has 0 saturated heterocycles. The third-order valence-corrected chi connectivity index (χ3v) is 3.05. The molecular formula is C13H14N2O2. The molecule has 17 heavy (non-hydrogen) atoms. The molecule has 0 fully saturated rings. The van der Waals surface area contributed by atoms with E-state index in [-0.39, 0.29) is 12.6 Å². The van der Waals surface area contributed by atoms with Crippen LogP contribution in [0.3, 0.4) is 0 Å². The minimum Gasteiger partial charge on any atom is -0.462 e. The lowest BCUT2D eigenvalue weighted by molar-refractivity contribution is 0.241. The Bertz CT molecular complexity index is 536. The van der Waals surface area contributed by atoms with Gasteiger partial charge in [0.25, 0.3) is 0 Å². The highest BCUT2D eigenvalue weighted by Crippen LogP contribution is 2.36. The molecule has 1 aliphatic heterocycles. The summed E-state index contributed by atoms with van der Waals surface area (Å²) in [5.41, 5.74) is 5.67. The fourth-order valence-electron chi connectivity index (χ4n) is 2.22. The fraction of sp³-hybridized carbons (Fsp3) is 0.231. The van der Waals surface area contributed by atoms with Crippen molar-refractivity contribution < 1.29 is 9.52 Å². The number of aliphatic hydroxyl groups excluding tert-OH is 1. The van der Waals surface area contributed by atoms with E-state index < -0.39 is 0 Å². The normalized spacial score (nSPS) is 18.5. The first-order valence-corrected chi connectivity index (χ1v) is 5.58. The van der Waals surface area contributed by atoms with E-state index in [0.717, 1.165) is 11.4 Å². The Morgan fingerprint density at radius 1 is 1.29 bits per heavy atom. The van der Waals surface area contributed by atoms with Crippen LogP contribution in [-0.4, -0.2) is 12.2 Å². The average Bonchev–Trinajstić information content (AvgIpc) is 2.95. The molecule has 4 heteroatoms. The van der Waals surface area contributed by atoms with Crippen molar-refractivity contribution in [1.29, 1.82) is 0 Å². The van der Waals surface area contributed by atoms with E-state index in [1.807, 2.05) is 30.3 Å². The number of anilines is 1. The quantitative estimate of drug-likeness (QED) is 0.826. The first-order chi connectivity index (χ1) is 8.29. The molecular weight excluding hydrogens is 216 g/mol. The summed E-state index contributed by atoms with van der Waals surface area (Å²) in [6.45, 7) is -0.0653. The molecule has 1 unspecified atom stereocenters. The van der Waals surface area contributed by atoms with Crippen molar-refractivity contribution in [2.75, 3.05) is 12.1 Å². The van der Waals surface area contributed by atoms with E-state index in [9.17, 15) is 0 Å². The van der Waals surface area contributed by atoms with Gasteiger partial charge in [-0.05, 0) is 18.2 Å². The highest BCUT2D eigenvalue weighted by Gasteiger charge is 2.28. The van der Waals surface area contributed by atoms with E-state index in [0.29, 0.717) is 5.76 Å². The van der Waals surface area contributed by atoms with Gasteiger partial charge in [0.05, 0.1) is 5.69 Å². The number of fused-ring (bicyclic) bond motifs is 1. The van der Waals surface area contributed by atoms with Gasteiger partial charge in [-0.25, -0.2) is 5.43 Å². The van der Waals surface area contributed by atoms with Gasteiger partial charge < -0.3 is 14.5 Å². The maximum atomic E-state index is 9.02. The predicted molar refractivity (Wildman–Crippen MR) is 64.5 cm³/mol. The van der Waals surface area contributed by atoms with Crippen molar-refractivity contribution in [1.82, 2.24) is 5.43 Å². The Labute approximate surface area is 99.4 Å². The largest absolute Gasteiger partial charge is 0.462 e. The van der Waals surface area contributed by atoms with Gasteiger partial charge in [-0.3, -0.25) is 0 Å². The standard InChI is InChI=1S/C13H14N2O2/c1-15-11-5-3-2-4-10(11)13(14-15)12-7-6-9(8-16)17-12/h2-7,13-14,16H,8H2,1H3. The molecule has 2 N–H and O–H groups in total. The van der Waals surface area contributed by atoms with Crippen molar-refractivity contribution in [2.24, 2.45) is 0 Å². The summed E-state index contributed by atoms with van der Waals surface area (Å²) in [7, 11) is 1.98. The molecule has 4 nitrogen and oxygen atoms in total. The lowest BCUT2D eigenvalue weighted by Crippen LogP contribution is -2.30. The Balaban J connectivity index is 2.01. The topological polar surface area (TPSA) is 48.6 Å². The van der Waals surface area contributed by atoms with Crippen LogP contribution in [0, 0.1) is 0 Å². The van der Waals surface area contributed by atoms with Crippen molar-refractivity contribution in [2.45, 2.75) is 12.6 Å². The van der Waals surface area contributed by atoms with Gasteiger partial charge >= 0.3 is 0 Å². The second-order valence-corrected chi connectivity index (χ2v) is 4.14. The van der Waals surface area contributed by atoms with Crippen LogP contribution >= 0.6 is 0 Å². The first-order valence-electron chi connectivity index (χ1n) is 5.58. The van der Waals surface area contributed by atoms with Crippen molar-refractivity contribution in [3.8, 4) is 0 Å². The summed E-state index contributed by atoms with van der Waals surface area (Å²) < 4.78 is 5.58. The highest BCUT2D eigenvalue weighted by molar-refractivity contribution is 5.59. The number of hydrogen-bond donors (Lipinski definition) is 2. The maximum Gasteiger partial charge on any atom is 0.129 e. The van der Waals surface area contributed by atoms with Crippen LogP contribution in [0.15, 0.2) is 40.8 Å². The van der Waals surface area contributed by atoms with Gasteiger partial charge in [0.15, 0.2) is 0 Å². The van der Waals surface area contributed by atoms with Crippen LogP contribution in [0.1, 0.15) is 23.1 Å². The van der Waals surface area contributed by atoms with Crippen LogP contribution in [0.4, 0.5) is 5.69 Å². The number of nitrogens with one attached hydrogen (secondary N) is 1. The molecule has 3 rings (SSSR count). The van der Waals surface area contributed by atoms with E-state index in [1.165, 1.54) is 5.56 Å². The zero-order valence-electron chi connectivity index (χ0n) is 9.55. The Hall–Kier alpha value is -1.78. The maximum absolute atomic E-state index is 9.02. The van der Waals surface area contributed by atoms with Gasteiger partial charge in [0.2, 0.25) is 0 Å². The molecule has 2 aromatic rings. The minimum atomic E-state index is -0.0653. The Morgan fingerprint density at radius 2 is 2.12 bits per heavy atom. The molecule has 88 valence electrons. The third-order valence-electron chi connectivity index (χ3n) is 3.05. The molecule has 0 radical (unpaired) electrons. The number of hydrazine groups is 1. The molecule has 1 aliphatic rings. The summed E-state index contributed by atoms with van der Waals surface area (Å²) in [5, 5.41) is 11.0. The number of furan rings is 1. The smallest absolute Gasteiger partial charge is 0.129 e. The molecule has 0 spiro atoms. The average molecular weight is 230 g/mol. The summed E-state index contributed by atoms with van der Waals surface area (Å²) in [5.74, 6) is 1.42. The van der Waals surface area contributed by atoms with Crippen molar-refractivity contribution in [3.05, 3.63) is 53.5 Å². The summed E-state index contributed by atoms with van der Waals surface area (Å²) >= 11 is 0. The van der Waals surface area contributed by atoms with E-state index in [1.54, 1.807) is 6.07 Å². The zero-order valence-corrected chi connectivity index (χ0v) is 9.55. The molecule has 2 heterocycles. The van der Waals surface area contributed by atoms with Crippen LogP contribution in [0.2, 0.25) is 0 Å². The summed E-state index contributed by atoms with van der Waals surface area (Å²) in [4.78, 5) is 0. The molecule has 1 aromatic heterocycles. The second kappa shape index (κ2) is 3.91. The van der Waals surface area contributed by atoms with Gasteiger partial charge in [0.1, 0.15) is 24.2 Å².